The van der Waals surface area contributed by atoms with Gasteiger partial charge in [0.2, 0.25) is 0 Å². The van der Waals surface area contributed by atoms with E-state index >= 15 is 0 Å². The minimum atomic E-state index is -0.682. The van der Waals surface area contributed by atoms with E-state index in [0.717, 1.165) is 0 Å². The van der Waals surface area contributed by atoms with Gasteiger partial charge in [0.15, 0.2) is 0 Å². The molecule has 0 bridgehead atoms. The Balaban J connectivity index is 2.75. The van der Waals surface area contributed by atoms with Gasteiger partial charge in [0.05, 0.1) is 12.2 Å². The number of rotatable bonds is 1. The predicted molar refractivity (Wildman–Crippen MR) is 39.9 cm³/mol. The second-order valence-electron chi connectivity index (χ2n) is 2.98. The van der Waals surface area contributed by atoms with Crippen LogP contribution in [0.25, 0.3) is 0 Å². The molecule has 0 saturated heterocycles. The van der Waals surface area contributed by atoms with Gasteiger partial charge >= 0.3 is 0 Å². The average Bonchev–Trinajstić information content (AvgIpc) is 1.99. The summed E-state index contributed by atoms with van der Waals surface area (Å²) in [5.41, 5.74) is 0.489. The molecule has 0 fully saturated rings. The van der Waals surface area contributed by atoms with Crippen LogP contribution in [0.15, 0.2) is 11.6 Å². The Bertz CT molecular complexity index is 186. The first kappa shape index (κ1) is 8.43. The highest BCUT2D eigenvalue weighted by Gasteiger charge is 2.26. The van der Waals surface area contributed by atoms with Gasteiger partial charge in [-0.1, -0.05) is 6.92 Å². The quantitative estimate of drug-likeness (QED) is 0.520. The molecule has 0 aromatic carbocycles. The maximum absolute atomic E-state index is 10.3. The summed E-state index contributed by atoms with van der Waals surface area (Å²) >= 11 is 0. The van der Waals surface area contributed by atoms with Crippen LogP contribution in [0.5, 0.6) is 0 Å². The molecule has 0 spiro atoms. The highest BCUT2D eigenvalue weighted by atomic mass is 16.3. The van der Waals surface area contributed by atoms with Crippen LogP contribution in [0.2, 0.25) is 0 Å². The fourth-order valence-electron chi connectivity index (χ4n) is 1.18. The van der Waals surface area contributed by atoms with Crippen molar-refractivity contribution in [2.75, 3.05) is 0 Å². The molecule has 3 nitrogen and oxygen atoms in total. The number of hydrogen-bond acceptors (Lipinski definition) is 3. The number of carbonyl (C=O) groups excluding carboxylic acids is 1. The number of carbonyl (C=O) groups is 1. The summed E-state index contributed by atoms with van der Waals surface area (Å²) in [5, 5.41) is 18.5. The first-order valence-corrected chi connectivity index (χ1v) is 3.67. The second kappa shape index (κ2) is 3.15. The summed E-state index contributed by atoms with van der Waals surface area (Å²) in [6.45, 7) is 1.76. The molecule has 0 amide bonds. The van der Waals surface area contributed by atoms with E-state index in [-0.39, 0.29) is 5.92 Å². The molecule has 0 aromatic heterocycles. The normalized spacial score (nSPS) is 38.1. The molecule has 0 aliphatic heterocycles. The molecule has 0 heterocycles. The minimum Gasteiger partial charge on any atom is -0.392 e. The standard InChI is InChI=1S/C8H12O3/c1-5-7(10)2-6(4-9)3-8(5)11/h2,4-5,7-8,10-11H,3H2,1H3/t5-,7-,8-/m1/s1. The van der Waals surface area contributed by atoms with Crippen molar-refractivity contribution in [2.45, 2.75) is 25.6 Å². The lowest BCUT2D eigenvalue weighted by Crippen LogP contribution is -2.32. The minimum absolute atomic E-state index is 0.168. The largest absolute Gasteiger partial charge is 0.392 e. The third kappa shape index (κ3) is 1.67. The summed E-state index contributed by atoms with van der Waals surface area (Å²) < 4.78 is 0. The van der Waals surface area contributed by atoms with Gasteiger partial charge in [-0.15, -0.1) is 0 Å². The highest BCUT2D eigenvalue weighted by molar-refractivity contribution is 5.73. The molecule has 0 saturated carbocycles. The van der Waals surface area contributed by atoms with E-state index in [1.54, 1.807) is 6.92 Å². The summed E-state index contributed by atoms with van der Waals surface area (Å²) in [6, 6.07) is 0. The smallest absolute Gasteiger partial charge is 0.145 e. The van der Waals surface area contributed by atoms with Crippen LogP contribution in [0.1, 0.15) is 13.3 Å². The summed E-state index contributed by atoms with van der Waals surface area (Å²) in [5.74, 6) is -0.168. The Labute approximate surface area is 65.3 Å². The molecule has 3 atom stereocenters. The second-order valence-corrected chi connectivity index (χ2v) is 2.98. The summed E-state index contributed by atoms with van der Waals surface area (Å²) in [6.07, 6.45) is 1.28. The van der Waals surface area contributed by atoms with Crippen molar-refractivity contribution in [2.24, 2.45) is 5.92 Å². The summed E-state index contributed by atoms with van der Waals surface area (Å²) in [4.78, 5) is 10.3. The van der Waals surface area contributed by atoms with Crippen LogP contribution >= 0.6 is 0 Å². The number of aliphatic hydroxyl groups is 2. The third-order valence-corrected chi connectivity index (χ3v) is 2.13. The highest BCUT2D eigenvalue weighted by Crippen LogP contribution is 2.22. The van der Waals surface area contributed by atoms with Crippen molar-refractivity contribution < 1.29 is 15.0 Å². The van der Waals surface area contributed by atoms with Gasteiger partial charge in [0.25, 0.3) is 0 Å². The van der Waals surface area contributed by atoms with Gasteiger partial charge in [0.1, 0.15) is 6.29 Å². The van der Waals surface area contributed by atoms with Crippen LogP contribution in [0.3, 0.4) is 0 Å². The first-order valence-electron chi connectivity index (χ1n) is 3.67. The molecule has 0 aromatic rings. The Kier molecular flexibility index (Phi) is 2.42. The number of aldehydes is 1. The SMILES string of the molecule is C[C@@H]1[C@H](O)C=C(C=O)C[C@H]1O. The Morgan fingerprint density at radius 2 is 2.27 bits per heavy atom. The van der Waals surface area contributed by atoms with Gasteiger partial charge in [-0.2, -0.15) is 0 Å². The van der Waals surface area contributed by atoms with Crippen molar-refractivity contribution in [1.82, 2.24) is 0 Å². The van der Waals surface area contributed by atoms with E-state index in [4.69, 9.17) is 0 Å². The van der Waals surface area contributed by atoms with Gasteiger partial charge in [-0.25, -0.2) is 0 Å². The van der Waals surface area contributed by atoms with Crippen LogP contribution in [0.4, 0.5) is 0 Å². The Hall–Kier alpha value is -0.670. The summed E-state index contributed by atoms with van der Waals surface area (Å²) in [7, 11) is 0. The van der Waals surface area contributed by atoms with Crippen molar-refractivity contribution >= 4 is 6.29 Å². The monoisotopic (exact) mass is 156 g/mol. The predicted octanol–water partition coefficient (Wildman–Crippen LogP) is -0.127. The van der Waals surface area contributed by atoms with Crippen LogP contribution in [-0.4, -0.2) is 28.7 Å². The van der Waals surface area contributed by atoms with Gasteiger partial charge in [-0.3, -0.25) is 4.79 Å². The number of hydrogen-bond donors (Lipinski definition) is 2. The van der Waals surface area contributed by atoms with Gasteiger partial charge in [-0.05, 0) is 11.6 Å². The zero-order chi connectivity index (χ0) is 8.43. The maximum Gasteiger partial charge on any atom is 0.145 e. The van der Waals surface area contributed by atoms with E-state index in [2.05, 4.69) is 0 Å². The fraction of sp³-hybridized carbons (Fsp3) is 0.625. The van der Waals surface area contributed by atoms with Gasteiger partial charge in [0, 0.05) is 12.3 Å². The lowest BCUT2D eigenvalue weighted by molar-refractivity contribution is -0.105. The van der Waals surface area contributed by atoms with Crippen molar-refractivity contribution in [3.8, 4) is 0 Å². The van der Waals surface area contributed by atoms with Gasteiger partial charge < -0.3 is 10.2 Å². The average molecular weight is 156 g/mol. The lowest BCUT2D eigenvalue weighted by Gasteiger charge is -2.26. The van der Waals surface area contributed by atoms with Crippen LogP contribution in [-0.2, 0) is 4.79 Å². The third-order valence-electron chi connectivity index (χ3n) is 2.13. The molecule has 62 valence electrons. The van der Waals surface area contributed by atoms with Crippen LogP contribution in [0, 0.1) is 5.92 Å². The van der Waals surface area contributed by atoms with E-state index in [0.29, 0.717) is 18.3 Å². The van der Waals surface area contributed by atoms with E-state index in [9.17, 15) is 15.0 Å². The molecule has 0 unspecified atom stereocenters. The molecule has 3 heteroatoms. The lowest BCUT2D eigenvalue weighted by atomic mass is 9.86. The topological polar surface area (TPSA) is 57.5 Å². The zero-order valence-corrected chi connectivity index (χ0v) is 6.40. The van der Waals surface area contributed by atoms with E-state index in [1.165, 1.54) is 6.08 Å². The zero-order valence-electron chi connectivity index (χ0n) is 6.40. The molecule has 1 aliphatic rings. The first-order chi connectivity index (χ1) is 5.15. The van der Waals surface area contributed by atoms with Crippen molar-refractivity contribution in [3.05, 3.63) is 11.6 Å². The maximum atomic E-state index is 10.3. The Morgan fingerprint density at radius 1 is 1.64 bits per heavy atom. The molecule has 2 N–H and O–H groups in total. The van der Waals surface area contributed by atoms with E-state index < -0.39 is 12.2 Å². The molecular weight excluding hydrogens is 144 g/mol. The molecule has 11 heavy (non-hydrogen) atoms. The molecular formula is C8H12O3. The van der Waals surface area contributed by atoms with Crippen LogP contribution < -0.4 is 0 Å². The Morgan fingerprint density at radius 3 is 2.73 bits per heavy atom. The molecule has 1 rings (SSSR count). The van der Waals surface area contributed by atoms with E-state index in [1.807, 2.05) is 0 Å². The van der Waals surface area contributed by atoms with Crippen molar-refractivity contribution in [1.29, 1.82) is 0 Å². The van der Waals surface area contributed by atoms with Crippen molar-refractivity contribution in [3.63, 3.8) is 0 Å². The fourth-order valence-corrected chi connectivity index (χ4v) is 1.18. The number of aliphatic hydroxyl groups excluding tert-OH is 2. The molecule has 0 radical (unpaired) electrons. The molecule has 1 aliphatic carbocycles.